The maximum absolute atomic E-state index is 8.65. The molecule has 0 aliphatic carbocycles. The van der Waals surface area contributed by atoms with E-state index in [4.69, 9.17) is 70.1 Å². The molecule has 6 N–H and O–H groups in total. The van der Waals surface area contributed by atoms with Gasteiger partial charge in [0.25, 0.3) is 0 Å². The minimum atomic E-state index is 0. The molecule has 0 aliphatic heterocycles. The van der Waals surface area contributed by atoms with Gasteiger partial charge in [-0.1, -0.05) is 146 Å². The SMILES string of the molecule is [99Tc].[C-]#[N+]c1cccc(CO)c1.[C-]#[N+]c1cccc(CO)c1.[C-]#[N+]c1cccc(CO)c1.[C-]#[N+]c1cccc(CO)c1.[C-]#[N+]c1cccc(CO)c1.[C-]#[N+]c1cccc(CO)c1. The molecule has 0 unspecified atom stereocenters. The van der Waals surface area contributed by atoms with E-state index in [0.29, 0.717) is 34.1 Å². The van der Waals surface area contributed by atoms with Crippen molar-refractivity contribution in [2.24, 2.45) is 0 Å². The van der Waals surface area contributed by atoms with E-state index in [1.54, 1.807) is 146 Å². The third kappa shape index (κ3) is 23.0. The zero-order valence-electron chi connectivity index (χ0n) is 32.8. The molecule has 0 atom stereocenters. The monoisotopic (exact) mass is 897 g/mol. The first-order chi connectivity index (χ1) is 29.2. The van der Waals surface area contributed by atoms with E-state index in [9.17, 15) is 0 Å². The van der Waals surface area contributed by atoms with Crippen LogP contribution in [0.1, 0.15) is 33.4 Å². The molecule has 307 valence electrons. The van der Waals surface area contributed by atoms with Crippen LogP contribution in [-0.4, -0.2) is 30.6 Å². The minimum absolute atomic E-state index is 0. The third-order valence-electron chi connectivity index (χ3n) is 7.33. The summed E-state index contributed by atoms with van der Waals surface area (Å²) in [6.07, 6.45) is 0. The summed E-state index contributed by atoms with van der Waals surface area (Å²) in [7, 11) is 0. The largest absolute Gasteiger partial charge is 0.392 e. The molecule has 0 aliphatic rings. The van der Waals surface area contributed by atoms with Crippen molar-refractivity contribution in [1.82, 2.24) is 0 Å². The van der Waals surface area contributed by atoms with Gasteiger partial charge in [0.05, 0.1) is 79.1 Å². The van der Waals surface area contributed by atoms with Crippen LogP contribution in [0.4, 0.5) is 34.1 Å². The maximum atomic E-state index is 8.65. The third-order valence-corrected chi connectivity index (χ3v) is 7.33. The number of rotatable bonds is 6. The molecule has 1 radical (unpaired) electrons. The van der Waals surface area contributed by atoms with Gasteiger partial charge in [-0.3, -0.25) is 0 Å². The summed E-state index contributed by atoms with van der Waals surface area (Å²) >= 11 is 0. The van der Waals surface area contributed by atoms with Crippen LogP contribution >= 0.6 is 0 Å². The average Bonchev–Trinajstić information content (AvgIpc) is 3.34. The van der Waals surface area contributed by atoms with Gasteiger partial charge in [-0.25, -0.2) is 29.1 Å². The van der Waals surface area contributed by atoms with Crippen LogP contribution in [-0.2, 0) is 59.7 Å². The number of hydrogen-bond acceptors (Lipinski definition) is 6. The molecule has 6 rings (SSSR count). The standard InChI is InChI=1S/6C8H7NO.Tc/c6*1-9-8-4-2-3-7(5-8)6-10;/h6*2-5,10H,6H2;/i;;;;;;1+1. The van der Waals surface area contributed by atoms with Crippen molar-refractivity contribution in [2.45, 2.75) is 39.6 Å². The van der Waals surface area contributed by atoms with Crippen LogP contribution in [0.15, 0.2) is 146 Å². The van der Waals surface area contributed by atoms with Crippen LogP contribution < -0.4 is 0 Å². The van der Waals surface area contributed by atoms with Gasteiger partial charge >= 0.3 is 0 Å². The maximum Gasteiger partial charge on any atom is 0.187 e. The first kappa shape index (κ1) is 53.7. The Kier molecular flexibility index (Phi) is 29.6. The molecular weight excluding hydrogens is 855 g/mol. The predicted octanol–water partition coefficient (Wildman–Crippen LogP) is 10.4. The van der Waals surface area contributed by atoms with Crippen LogP contribution in [0.3, 0.4) is 0 Å². The van der Waals surface area contributed by atoms with Crippen molar-refractivity contribution in [3.05, 3.63) is 247 Å². The summed E-state index contributed by atoms with van der Waals surface area (Å²) in [6, 6.07) is 41.6. The van der Waals surface area contributed by atoms with Gasteiger partial charge in [-0.2, -0.15) is 0 Å². The second-order valence-corrected chi connectivity index (χ2v) is 11.6. The topological polar surface area (TPSA) is 148 Å². The molecule has 0 fully saturated rings. The van der Waals surface area contributed by atoms with E-state index >= 15 is 0 Å². The quantitative estimate of drug-likeness (QED) is 0.0918. The Morgan fingerprint density at radius 1 is 0.262 bits per heavy atom. The first-order valence-corrected chi connectivity index (χ1v) is 17.6. The van der Waals surface area contributed by atoms with Crippen molar-refractivity contribution < 1.29 is 50.7 Å². The van der Waals surface area contributed by atoms with E-state index in [-0.39, 0.29) is 59.7 Å². The molecule has 0 bridgehead atoms. The van der Waals surface area contributed by atoms with Crippen LogP contribution in [0.5, 0.6) is 0 Å². The Hall–Kier alpha value is -7.33. The van der Waals surface area contributed by atoms with Crippen molar-refractivity contribution in [2.75, 3.05) is 0 Å². The van der Waals surface area contributed by atoms with Gasteiger partial charge in [-0.05, 0) is 33.4 Å². The van der Waals surface area contributed by atoms with E-state index in [1.807, 2.05) is 0 Å². The van der Waals surface area contributed by atoms with E-state index in [1.165, 1.54) is 0 Å². The fraction of sp³-hybridized carbons (Fsp3) is 0.125. The Balaban J connectivity index is 0.000000706. The summed E-state index contributed by atoms with van der Waals surface area (Å²) in [5, 5.41) is 51.9. The molecule has 0 spiro atoms. The van der Waals surface area contributed by atoms with Crippen molar-refractivity contribution in [1.29, 1.82) is 0 Å². The molecule has 0 amide bonds. The number of nitrogens with zero attached hydrogens (tertiary/aromatic N) is 6. The molecule has 61 heavy (non-hydrogen) atoms. The zero-order valence-corrected chi connectivity index (χ0v) is 34.7. The molecule has 13 heteroatoms. The van der Waals surface area contributed by atoms with E-state index in [0.717, 1.165) is 33.4 Å². The van der Waals surface area contributed by atoms with E-state index < -0.39 is 0 Å². The molecule has 6 aromatic carbocycles. The summed E-state index contributed by atoms with van der Waals surface area (Å²) in [4.78, 5) is 19.3. The van der Waals surface area contributed by atoms with Gasteiger partial charge in [0, 0.05) is 20.1 Å². The van der Waals surface area contributed by atoms with Crippen LogP contribution in [0, 0.1) is 39.4 Å². The van der Waals surface area contributed by atoms with Gasteiger partial charge in [0.1, 0.15) is 0 Å². The molecular formula is C48H42N6O6Tc. The Labute approximate surface area is 370 Å². The number of hydrogen-bond donors (Lipinski definition) is 6. The molecule has 0 aromatic heterocycles. The fourth-order valence-corrected chi connectivity index (χ4v) is 4.35. The van der Waals surface area contributed by atoms with Crippen molar-refractivity contribution in [3.63, 3.8) is 0 Å². The second-order valence-electron chi connectivity index (χ2n) is 11.6. The number of benzene rings is 6. The van der Waals surface area contributed by atoms with Gasteiger partial charge in [0.15, 0.2) is 34.1 Å². The number of aliphatic hydroxyl groups is 6. The Morgan fingerprint density at radius 3 is 0.492 bits per heavy atom. The Bertz CT molecular complexity index is 2030. The smallest absolute Gasteiger partial charge is 0.187 e. The van der Waals surface area contributed by atoms with Crippen LogP contribution in [0.2, 0.25) is 0 Å². The average molecular weight is 898 g/mol. The molecule has 0 saturated heterocycles. The molecule has 12 nitrogen and oxygen atoms in total. The molecule has 0 heterocycles. The summed E-state index contributed by atoms with van der Waals surface area (Å²) in [5.41, 5.74) is 8.17. The Morgan fingerprint density at radius 2 is 0.393 bits per heavy atom. The van der Waals surface area contributed by atoms with Gasteiger partial charge in [0.2, 0.25) is 0 Å². The molecule has 0 saturated carbocycles. The van der Waals surface area contributed by atoms with Gasteiger partial charge < -0.3 is 30.6 Å². The zero-order chi connectivity index (χ0) is 44.4. The minimum Gasteiger partial charge on any atom is -0.392 e. The van der Waals surface area contributed by atoms with Crippen molar-refractivity contribution in [3.8, 4) is 0 Å². The van der Waals surface area contributed by atoms with Gasteiger partial charge in [-0.15, -0.1) is 0 Å². The first-order valence-electron chi connectivity index (χ1n) is 17.6. The molecule has 6 aromatic rings. The van der Waals surface area contributed by atoms with Crippen molar-refractivity contribution >= 4 is 34.1 Å². The summed E-state index contributed by atoms with van der Waals surface area (Å²) < 4.78 is 0. The van der Waals surface area contributed by atoms with Crippen LogP contribution in [0.25, 0.3) is 29.1 Å². The summed E-state index contributed by atoms with van der Waals surface area (Å²) in [6.45, 7) is 40.0. The fourth-order valence-electron chi connectivity index (χ4n) is 4.35. The summed E-state index contributed by atoms with van der Waals surface area (Å²) in [5.74, 6) is 0. The normalized spacial score (nSPS) is 8.66. The predicted molar refractivity (Wildman–Crippen MR) is 232 cm³/mol. The second kappa shape index (κ2) is 33.6. The number of aliphatic hydroxyl groups excluding tert-OH is 6. The van der Waals surface area contributed by atoms with E-state index in [2.05, 4.69) is 29.1 Å².